The summed E-state index contributed by atoms with van der Waals surface area (Å²) in [6.45, 7) is 0. The van der Waals surface area contributed by atoms with Crippen molar-refractivity contribution in [3.8, 4) is 17.2 Å². The first-order valence-corrected chi connectivity index (χ1v) is 7.20. The van der Waals surface area contributed by atoms with Crippen molar-refractivity contribution in [1.29, 1.82) is 0 Å². The molecule has 0 aliphatic carbocycles. The lowest BCUT2D eigenvalue weighted by atomic mass is 10.2. The third-order valence-corrected chi connectivity index (χ3v) is 3.73. The maximum atomic E-state index is 6.15. The van der Waals surface area contributed by atoms with Crippen LogP contribution in [0.25, 0.3) is 0 Å². The predicted molar refractivity (Wildman–Crippen MR) is 88.1 cm³/mol. The Morgan fingerprint density at radius 1 is 1.20 bits per heavy atom. The van der Waals surface area contributed by atoms with Crippen LogP contribution in [-0.2, 0) is 0 Å². The molecular formula is C14H11BrClNO2S. The fraction of sp³-hybridized carbons (Fsp3) is 0.0714. The van der Waals surface area contributed by atoms with Gasteiger partial charge in [-0.3, -0.25) is 0 Å². The molecule has 2 aromatic carbocycles. The summed E-state index contributed by atoms with van der Waals surface area (Å²) >= 11 is 14.5. The molecule has 0 aliphatic rings. The third kappa shape index (κ3) is 3.42. The van der Waals surface area contributed by atoms with Crippen molar-refractivity contribution < 1.29 is 9.47 Å². The molecule has 2 N–H and O–H groups in total. The summed E-state index contributed by atoms with van der Waals surface area (Å²) in [5.74, 6) is 1.90. The Bertz CT molecular complexity index is 664. The van der Waals surface area contributed by atoms with Crippen molar-refractivity contribution >= 4 is 44.7 Å². The first-order chi connectivity index (χ1) is 9.51. The summed E-state index contributed by atoms with van der Waals surface area (Å²) in [7, 11) is 1.60. The summed E-state index contributed by atoms with van der Waals surface area (Å²) < 4.78 is 11.7. The lowest BCUT2D eigenvalue weighted by molar-refractivity contribution is 0.412. The van der Waals surface area contributed by atoms with Crippen molar-refractivity contribution in [3.05, 3.63) is 51.5 Å². The number of hydrogen-bond donors (Lipinski definition) is 1. The summed E-state index contributed by atoms with van der Waals surface area (Å²) in [4.78, 5) is 0.295. The molecule has 0 unspecified atom stereocenters. The fourth-order valence-corrected chi connectivity index (χ4v) is 2.33. The Balaban J connectivity index is 2.28. The van der Waals surface area contributed by atoms with E-state index in [0.717, 1.165) is 10.2 Å². The molecule has 0 saturated carbocycles. The Morgan fingerprint density at radius 2 is 1.90 bits per heavy atom. The first kappa shape index (κ1) is 15.1. The van der Waals surface area contributed by atoms with Gasteiger partial charge in [0.05, 0.1) is 16.6 Å². The molecule has 104 valence electrons. The predicted octanol–water partition coefficient (Wildman–Crippen LogP) is 4.54. The minimum atomic E-state index is 0.295. The molecule has 0 amide bonds. The molecule has 0 heterocycles. The normalized spacial score (nSPS) is 10.2. The zero-order valence-corrected chi connectivity index (χ0v) is 13.7. The largest absolute Gasteiger partial charge is 0.497 e. The summed E-state index contributed by atoms with van der Waals surface area (Å²) in [5, 5.41) is 0.443. The van der Waals surface area contributed by atoms with E-state index < -0.39 is 0 Å². The molecule has 0 atom stereocenters. The maximum absolute atomic E-state index is 6.15. The van der Waals surface area contributed by atoms with Gasteiger partial charge < -0.3 is 15.2 Å². The average Bonchev–Trinajstić information content (AvgIpc) is 2.42. The van der Waals surface area contributed by atoms with Crippen LogP contribution in [0.5, 0.6) is 17.2 Å². The van der Waals surface area contributed by atoms with Gasteiger partial charge in [-0.15, -0.1) is 0 Å². The molecule has 0 spiro atoms. The van der Waals surface area contributed by atoms with Crippen LogP contribution in [0.4, 0.5) is 0 Å². The van der Waals surface area contributed by atoms with E-state index >= 15 is 0 Å². The van der Waals surface area contributed by atoms with Crippen molar-refractivity contribution in [2.45, 2.75) is 0 Å². The van der Waals surface area contributed by atoms with Crippen LogP contribution in [0.3, 0.4) is 0 Å². The average molecular weight is 373 g/mol. The topological polar surface area (TPSA) is 44.5 Å². The summed E-state index contributed by atoms with van der Waals surface area (Å²) in [6, 6.07) is 10.6. The van der Waals surface area contributed by atoms with E-state index in [0.29, 0.717) is 27.1 Å². The summed E-state index contributed by atoms with van der Waals surface area (Å²) in [6.07, 6.45) is 0. The van der Waals surface area contributed by atoms with Crippen molar-refractivity contribution in [1.82, 2.24) is 0 Å². The van der Waals surface area contributed by atoms with Gasteiger partial charge in [-0.25, -0.2) is 0 Å². The number of methoxy groups -OCH3 is 1. The van der Waals surface area contributed by atoms with Gasteiger partial charge in [-0.05, 0) is 52.3 Å². The second-order valence-corrected chi connectivity index (χ2v) is 5.61. The number of halogens is 2. The van der Waals surface area contributed by atoms with Gasteiger partial charge in [-0.2, -0.15) is 0 Å². The summed E-state index contributed by atoms with van der Waals surface area (Å²) in [5.41, 5.74) is 6.25. The van der Waals surface area contributed by atoms with E-state index in [1.807, 2.05) is 6.07 Å². The van der Waals surface area contributed by atoms with E-state index in [4.69, 9.17) is 39.0 Å². The number of hydrogen-bond acceptors (Lipinski definition) is 3. The molecule has 6 heteroatoms. The van der Waals surface area contributed by atoms with Crippen molar-refractivity contribution in [2.24, 2.45) is 5.73 Å². The highest BCUT2D eigenvalue weighted by Crippen LogP contribution is 2.35. The number of nitrogens with two attached hydrogens (primary N) is 1. The van der Waals surface area contributed by atoms with Gasteiger partial charge >= 0.3 is 0 Å². The zero-order valence-electron chi connectivity index (χ0n) is 10.5. The highest BCUT2D eigenvalue weighted by molar-refractivity contribution is 9.10. The zero-order chi connectivity index (χ0) is 14.7. The first-order valence-electron chi connectivity index (χ1n) is 5.62. The molecule has 0 bridgehead atoms. The van der Waals surface area contributed by atoms with E-state index in [-0.39, 0.29) is 0 Å². The molecule has 0 aliphatic heterocycles. The lowest BCUT2D eigenvalue weighted by Gasteiger charge is -2.11. The highest BCUT2D eigenvalue weighted by Gasteiger charge is 2.09. The maximum Gasteiger partial charge on any atom is 0.146 e. The van der Waals surface area contributed by atoms with Gasteiger partial charge in [0.25, 0.3) is 0 Å². The van der Waals surface area contributed by atoms with Crippen molar-refractivity contribution in [3.63, 3.8) is 0 Å². The van der Waals surface area contributed by atoms with Crippen LogP contribution in [0.15, 0.2) is 40.9 Å². The van der Waals surface area contributed by atoms with E-state index in [9.17, 15) is 0 Å². The second-order valence-electron chi connectivity index (χ2n) is 3.91. The smallest absolute Gasteiger partial charge is 0.146 e. The third-order valence-electron chi connectivity index (χ3n) is 2.58. The van der Waals surface area contributed by atoms with Crippen LogP contribution in [-0.4, -0.2) is 12.1 Å². The van der Waals surface area contributed by atoms with Crippen LogP contribution < -0.4 is 15.2 Å². The quantitative estimate of drug-likeness (QED) is 0.800. The molecule has 0 radical (unpaired) electrons. The Kier molecular flexibility index (Phi) is 4.86. The molecule has 2 rings (SSSR count). The molecule has 2 aromatic rings. The van der Waals surface area contributed by atoms with Gasteiger partial charge in [0.2, 0.25) is 0 Å². The van der Waals surface area contributed by atoms with Crippen LogP contribution in [0.1, 0.15) is 5.56 Å². The van der Waals surface area contributed by atoms with Crippen LogP contribution in [0, 0.1) is 0 Å². The SMILES string of the molecule is COc1ccc(Oc2ccc(C(N)=S)cc2Cl)c(Br)c1. The fourth-order valence-electron chi connectivity index (χ4n) is 1.55. The van der Waals surface area contributed by atoms with E-state index in [1.54, 1.807) is 37.4 Å². The Morgan fingerprint density at radius 3 is 2.45 bits per heavy atom. The van der Waals surface area contributed by atoms with Crippen LogP contribution in [0.2, 0.25) is 5.02 Å². The Hall–Kier alpha value is -1.30. The second kappa shape index (κ2) is 6.43. The number of benzene rings is 2. The van der Waals surface area contributed by atoms with Gasteiger partial charge in [0.15, 0.2) is 0 Å². The minimum Gasteiger partial charge on any atom is -0.497 e. The molecule has 20 heavy (non-hydrogen) atoms. The van der Waals surface area contributed by atoms with Gasteiger partial charge in [0, 0.05) is 5.56 Å². The standard InChI is InChI=1S/C14H11BrClNO2S/c1-18-9-3-5-12(10(15)7-9)19-13-4-2-8(14(17)20)6-11(13)16/h2-7H,1H3,(H2,17,20). The van der Waals surface area contributed by atoms with E-state index in [2.05, 4.69) is 15.9 Å². The minimum absolute atomic E-state index is 0.295. The Labute approximate surface area is 135 Å². The van der Waals surface area contributed by atoms with Crippen molar-refractivity contribution in [2.75, 3.05) is 7.11 Å². The van der Waals surface area contributed by atoms with Crippen LogP contribution >= 0.6 is 39.7 Å². The number of thiocarbonyl (C=S) groups is 1. The van der Waals surface area contributed by atoms with Gasteiger partial charge in [-0.1, -0.05) is 23.8 Å². The molecule has 0 saturated heterocycles. The monoisotopic (exact) mass is 371 g/mol. The molecule has 0 fully saturated rings. The highest BCUT2D eigenvalue weighted by atomic mass is 79.9. The lowest BCUT2D eigenvalue weighted by Crippen LogP contribution is -2.08. The molecular weight excluding hydrogens is 362 g/mol. The number of rotatable bonds is 4. The van der Waals surface area contributed by atoms with Gasteiger partial charge in [0.1, 0.15) is 22.2 Å². The molecule has 3 nitrogen and oxygen atoms in total. The molecule has 0 aromatic heterocycles. The van der Waals surface area contributed by atoms with E-state index in [1.165, 1.54) is 0 Å². The number of ether oxygens (including phenoxy) is 2.